The van der Waals surface area contributed by atoms with E-state index in [0.717, 1.165) is 9.88 Å². The highest BCUT2D eigenvalue weighted by molar-refractivity contribution is 7.89. The number of rotatable bonds is 5. The van der Waals surface area contributed by atoms with Crippen LogP contribution in [-0.4, -0.2) is 18.4 Å². The SMILES string of the molecule is Cc1cnc(CNS(=O)(=O)c2cc(C(N)=S)ccc2C)s1. The Morgan fingerprint density at radius 2 is 2.14 bits per heavy atom. The van der Waals surface area contributed by atoms with Gasteiger partial charge in [-0.15, -0.1) is 11.3 Å². The van der Waals surface area contributed by atoms with Crippen LogP contribution in [0, 0.1) is 13.8 Å². The van der Waals surface area contributed by atoms with Crippen molar-refractivity contribution in [3.05, 3.63) is 45.4 Å². The Hall–Kier alpha value is -1.35. The first-order valence-electron chi connectivity index (χ1n) is 6.11. The van der Waals surface area contributed by atoms with Crippen molar-refractivity contribution in [2.75, 3.05) is 0 Å². The van der Waals surface area contributed by atoms with Crippen LogP contribution in [0.5, 0.6) is 0 Å². The Morgan fingerprint density at radius 1 is 1.43 bits per heavy atom. The number of hydrogen-bond acceptors (Lipinski definition) is 5. The predicted octanol–water partition coefficient (Wildman–Crippen LogP) is 1.87. The number of benzene rings is 1. The van der Waals surface area contributed by atoms with Gasteiger partial charge >= 0.3 is 0 Å². The van der Waals surface area contributed by atoms with E-state index in [0.29, 0.717) is 11.1 Å². The number of sulfonamides is 1. The van der Waals surface area contributed by atoms with Crippen molar-refractivity contribution in [3.8, 4) is 0 Å². The van der Waals surface area contributed by atoms with E-state index in [1.54, 1.807) is 25.3 Å². The molecule has 0 saturated heterocycles. The standard InChI is InChI=1S/C13H15N3O2S3/c1-8-3-4-10(13(14)19)5-11(8)21(17,18)16-7-12-15-6-9(2)20-12/h3-6,16H,7H2,1-2H3,(H2,14,19). The molecule has 0 radical (unpaired) electrons. The van der Waals surface area contributed by atoms with Crippen LogP contribution in [0.4, 0.5) is 0 Å². The molecule has 1 aromatic heterocycles. The molecule has 0 unspecified atom stereocenters. The number of aromatic nitrogens is 1. The van der Waals surface area contributed by atoms with Gasteiger partial charge in [-0.05, 0) is 25.5 Å². The lowest BCUT2D eigenvalue weighted by Crippen LogP contribution is -2.24. The molecule has 2 rings (SSSR count). The van der Waals surface area contributed by atoms with Crippen LogP contribution in [0.25, 0.3) is 0 Å². The first-order chi connectivity index (χ1) is 9.79. The van der Waals surface area contributed by atoms with Crippen molar-refractivity contribution in [2.45, 2.75) is 25.3 Å². The van der Waals surface area contributed by atoms with Crippen molar-refractivity contribution in [3.63, 3.8) is 0 Å². The Morgan fingerprint density at radius 3 is 2.71 bits per heavy atom. The fourth-order valence-electron chi connectivity index (χ4n) is 1.76. The zero-order valence-electron chi connectivity index (χ0n) is 11.6. The highest BCUT2D eigenvalue weighted by Crippen LogP contribution is 2.18. The summed E-state index contributed by atoms with van der Waals surface area (Å²) in [6.45, 7) is 3.81. The summed E-state index contributed by atoms with van der Waals surface area (Å²) >= 11 is 6.34. The van der Waals surface area contributed by atoms with Gasteiger partial charge in [-0.3, -0.25) is 0 Å². The van der Waals surface area contributed by atoms with Crippen molar-refractivity contribution in [1.82, 2.24) is 9.71 Å². The van der Waals surface area contributed by atoms with E-state index in [4.69, 9.17) is 18.0 Å². The number of nitrogens with zero attached hydrogens (tertiary/aromatic N) is 1. The summed E-state index contributed by atoms with van der Waals surface area (Å²) < 4.78 is 27.3. The normalized spacial score (nSPS) is 11.5. The molecule has 0 amide bonds. The summed E-state index contributed by atoms with van der Waals surface area (Å²) in [5, 5.41) is 0.722. The highest BCUT2D eigenvalue weighted by Gasteiger charge is 2.18. The summed E-state index contributed by atoms with van der Waals surface area (Å²) in [5.41, 5.74) is 6.72. The molecule has 21 heavy (non-hydrogen) atoms. The third kappa shape index (κ3) is 3.85. The summed E-state index contributed by atoms with van der Waals surface area (Å²) in [6, 6.07) is 4.89. The van der Waals surface area contributed by atoms with Crippen LogP contribution in [-0.2, 0) is 16.6 Å². The van der Waals surface area contributed by atoms with Crippen LogP contribution in [0.1, 0.15) is 21.0 Å². The predicted molar refractivity (Wildman–Crippen MR) is 87.9 cm³/mol. The van der Waals surface area contributed by atoms with E-state index in [9.17, 15) is 8.42 Å². The van der Waals surface area contributed by atoms with Gasteiger partial charge in [-0.1, -0.05) is 24.4 Å². The third-order valence-corrected chi connectivity index (χ3v) is 5.54. The van der Waals surface area contributed by atoms with Gasteiger partial charge in [0.2, 0.25) is 10.0 Å². The molecule has 5 nitrogen and oxygen atoms in total. The average Bonchev–Trinajstić information content (AvgIpc) is 2.82. The fraction of sp³-hybridized carbons (Fsp3) is 0.231. The lowest BCUT2D eigenvalue weighted by molar-refractivity contribution is 0.580. The molecule has 2 aromatic rings. The first kappa shape index (κ1) is 16.0. The molecule has 0 aliphatic heterocycles. The Balaban J connectivity index is 2.26. The highest BCUT2D eigenvalue weighted by atomic mass is 32.2. The Bertz CT molecular complexity index is 782. The molecule has 0 saturated carbocycles. The number of aryl methyl sites for hydroxylation is 2. The van der Waals surface area contributed by atoms with E-state index >= 15 is 0 Å². The van der Waals surface area contributed by atoms with Crippen LogP contribution in [0.3, 0.4) is 0 Å². The van der Waals surface area contributed by atoms with E-state index in [2.05, 4.69) is 9.71 Å². The lowest BCUT2D eigenvalue weighted by atomic mass is 10.1. The second-order valence-corrected chi connectivity index (χ2v) is 8.03. The summed E-state index contributed by atoms with van der Waals surface area (Å²) in [4.78, 5) is 5.52. The molecule has 0 atom stereocenters. The van der Waals surface area contributed by atoms with Gasteiger partial charge in [0.1, 0.15) is 10.00 Å². The molecule has 1 heterocycles. The number of hydrogen-bond donors (Lipinski definition) is 2. The van der Waals surface area contributed by atoms with E-state index in [1.807, 2.05) is 6.92 Å². The minimum Gasteiger partial charge on any atom is -0.389 e. The van der Waals surface area contributed by atoms with Crippen LogP contribution in [0.15, 0.2) is 29.3 Å². The zero-order valence-corrected chi connectivity index (χ0v) is 14.0. The first-order valence-corrected chi connectivity index (χ1v) is 8.82. The molecular weight excluding hydrogens is 326 g/mol. The van der Waals surface area contributed by atoms with Crippen LogP contribution < -0.4 is 10.5 Å². The molecule has 0 spiro atoms. The van der Waals surface area contributed by atoms with E-state index in [1.165, 1.54) is 17.4 Å². The molecule has 8 heteroatoms. The topological polar surface area (TPSA) is 85.1 Å². The van der Waals surface area contributed by atoms with E-state index < -0.39 is 10.0 Å². The minimum absolute atomic E-state index is 0.164. The number of thiocarbonyl (C=S) groups is 1. The Labute approximate surface area is 133 Å². The van der Waals surface area contributed by atoms with Gasteiger partial charge < -0.3 is 5.73 Å². The number of nitrogens with one attached hydrogen (secondary N) is 1. The number of nitrogens with two attached hydrogens (primary N) is 1. The number of thiazole rings is 1. The summed E-state index contributed by atoms with van der Waals surface area (Å²) in [7, 11) is -3.63. The van der Waals surface area contributed by atoms with Crippen molar-refractivity contribution in [1.29, 1.82) is 0 Å². The van der Waals surface area contributed by atoms with Gasteiger partial charge in [0, 0.05) is 16.6 Å². The maximum atomic E-state index is 12.4. The van der Waals surface area contributed by atoms with Gasteiger partial charge in [-0.2, -0.15) is 0 Å². The second kappa shape index (κ2) is 6.18. The molecular formula is C13H15N3O2S3. The second-order valence-electron chi connectivity index (χ2n) is 4.53. The summed E-state index contributed by atoms with van der Waals surface area (Å²) in [5.74, 6) is 0. The zero-order chi connectivity index (χ0) is 15.6. The monoisotopic (exact) mass is 341 g/mol. The van der Waals surface area contributed by atoms with Crippen LogP contribution >= 0.6 is 23.6 Å². The van der Waals surface area contributed by atoms with Crippen LogP contribution in [0.2, 0.25) is 0 Å². The van der Waals surface area contributed by atoms with Crippen molar-refractivity contribution in [2.24, 2.45) is 5.73 Å². The average molecular weight is 341 g/mol. The molecule has 1 aromatic carbocycles. The third-order valence-electron chi connectivity index (χ3n) is 2.84. The smallest absolute Gasteiger partial charge is 0.241 e. The molecule has 0 bridgehead atoms. The van der Waals surface area contributed by atoms with Gasteiger partial charge in [0.25, 0.3) is 0 Å². The molecule has 0 aliphatic carbocycles. The van der Waals surface area contributed by atoms with Gasteiger partial charge in [0.15, 0.2) is 0 Å². The summed E-state index contributed by atoms with van der Waals surface area (Å²) in [6.07, 6.45) is 1.72. The quantitative estimate of drug-likeness (QED) is 0.811. The van der Waals surface area contributed by atoms with Crippen molar-refractivity contribution < 1.29 is 8.42 Å². The molecule has 0 fully saturated rings. The van der Waals surface area contributed by atoms with Gasteiger partial charge in [-0.25, -0.2) is 18.1 Å². The molecule has 3 N–H and O–H groups in total. The molecule has 112 valence electrons. The minimum atomic E-state index is -3.63. The maximum absolute atomic E-state index is 12.4. The Kier molecular flexibility index (Phi) is 4.72. The largest absolute Gasteiger partial charge is 0.389 e. The van der Waals surface area contributed by atoms with Gasteiger partial charge in [0.05, 0.1) is 11.4 Å². The maximum Gasteiger partial charge on any atom is 0.241 e. The lowest BCUT2D eigenvalue weighted by Gasteiger charge is -2.10. The molecule has 0 aliphatic rings. The van der Waals surface area contributed by atoms with Crippen molar-refractivity contribution >= 4 is 38.6 Å². The van der Waals surface area contributed by atoms with E-state index in [-0.39, 0.29) is 16.4 Å². The fourth-order valence-corrected chi connectivity index (χ4v) is 3.96.